The first-order chi connectivity index (χ1) is 8.25. The van der Waals surface area contributed by atoms with Gasteiger partial charge in [0.25, 0.3) is 0 Å². The third-order valence-corrected chi connectivity index (χ3v) is 3.91. The van der Waals surface area contributed by atoms with Gasteiger partial charge < -0.3 is 10.6 Å². The normalized spacial score (nSPS) is 22.1. The Kier molecular flexibility index (Phi) is 4.57. The molecule has 0 bridgehead atoms. The molecule has 1 aromatic heterocycles. The minimum absolute atomic E-state index is 0.161. The van der Waals surface area contributed by atoms with Crippen LogP contribution in [-0.4, -0.2) is 25.0 Å². The van der Waals surface area contributed by atoms with Gasteiger partial charge in [0.2, 0.25) is 5.91 Å². The van der Waals surface area contributed by atoms with Crippen molar-refractivity contribution >= 4 is 17.2 Å². The lowest BCUT2D eigenvalue weighted by Crippen LogP contribution is -2.44. The second kappa shape index (κ2) is 6.17. The summed E-state index contributed by atoms with van der Waals surface area (Å²) in [5.41, 5.74) is 1.31. The lowest BCUT2D eigenvalue weighted by Gasteiger charge is -2.24. The Morgan fingerprint density at radius 2 is 2.59 bits per heavy atom. The van der Waals surface area contributed by atoms with Crippen LogP contribution in [0.2, 0.25) is 0 Å². The van der Waals surface area contributed by atoms with Crippen LogP contribution in [0, 0.1) is 5.92 Å². The van der Waals surface area contributed by atoms with Crippen molar-refractivity contribution < 1.29 is 4.79 Å². The summed E-state index contributed by atoms with van der Waals surface area (Å²) >= 11 is 1.71. The summed E-state index contributed by atoms with van der Waals surface area (Å²) in [7, 11) is 0. The van der Waals surface area contributed by atoms with E-state index in [0.29, 0.717) is 0 Å². The summed E-state index contributed by atoms with van der Waals surface area (Å²) in [6.07, 6.45) is 3.05. The molecular weight excluding hydrogens is 232 g/mol. The Morgan fingerprint density at radius 1 is 1.71 bits per heavy atom. The average Bonchev–Trinajstić information content (AvgIpc) is 2.82. The second-order valence-corrected chi connectivity index (χ2v) is 5.57. The minimum atomic E-state index is 0.161. The lowest BCUT2D eigenvalue weighted by atomic mass is 9.98. The molecule has 1 aliphatic rings. The number of carbonyl (C=O) groups is 1. The fraction of sp³-hybridized carbons (Fsp3) is 0.615. The van der Waals surface area contributed by atoms with Gasteiger partial charge in [0.15, 0.2) is 0 Å². The van der Waals surface area contributed by atoms with Gasteiger partial charge in [0.05, 0.1) is 5.92 Å². The van der Waals surface area contributed by atoms with E-state index in [0.717, 1.165) is 32.4 Å². The van der Waals surface area contributed by atoms with Crippen LogP contribution in [0.1, 0.15) is 25.3 Å². The van der Waals surface area contributed by atoms with Gasteiger partial charge in [-0.25, -0.2) is 0 Å². The van der Waals surface area contributed by atoms with E-state index in [9.17, 15) is 4.79 Å². The van der Waals surface area contributed by atoms with Gasteiger partial charge in [-0.1, -0.05) is 0 Å². The summed E-state index contributed by atoms with van der Waals surface area (Å²) < 4.78 is 0. The van der Waals surface area contributed by atoms with Crippen LogP contribution >= 0.6 is 11.3 Å². The molecule has 1 aliphatic heterocycles. The zero-order valence-corrected chi connectivity index (χ0v) is 11.1. The molecule has 1 aromatic rings. The smallest absolute Gasteiger partial charge is 0.224 e. The van der Waals surface area contributed by atoms with Crippen molar-refractivity contribution in [2.24, 2.45) is 5.92 Å². The summed E-state index contributed by atoms with van der Waals surface area (Å²) in [4.78, 5) is 12.0. The number of rotatable bonds is 4. The van der Waals surface area contributed by atoms with E-state index in [4.69, 9.17) is 0 Å². The van der Waals surface area contributed by atoms with Gasteiger partial charge in [0.1, 0.15) is 0 Å². The van der Waals surface area contributed by atoms with Crippen molar-refractivity contribution in [2.45, 2.75) is 32.2 Å². The monoisotopic (exact) mass is 252 g/mol. The first-order valence-electron chi connectivity index (χ1n) is 6.28. The Balaban J connectivity index is 1.77. The lowest BCUT2D eigenvalue weighted by molar-refractivity contribution is -0.126. The number of carbonyl (C=O) groups excluding carboxylic acids is 1. The first-order valence-corrected chi connectivity index (χ1v) is 7.22. The highest BCUT2D eigenvalue weighted by Crippen LogP contribution is 2.12. The predicted molar refractivity (Wildman–Crippen MR) is 71.2 cm³/mol. The molecule has 1 fully saturated rings. The Morgan fingerprint density at radius 3 is 3.24 bits per heavy atom. The molecule has 17 heavy (non-hydrogen) atoms. The van der Waals surface area contributed by atoms with Crippen molar-refractivity contribution in [1.29, 1.82) is 0 Å². The van der Waals surface area contributed by atoms with E-state index in [-0.39, 0.29) is 17.9 Å². The van der Waals surface area contributed by atoms with Crippen molar-refractivity contribution in [3.05, 3.63) is 22.4 Å². The van der Waals surface area contributed by atoms with E-state index in [2.05, 4.69) is 34.4 Å². The molecule has 1 amide bonds. The molecule has 0 aliphatic carbocycles. The Bertz CT molecular complexity index is 344. The van der Waals surface area contributed by atoms with Gasteiger partial charge in [-0.3, -0.25) is 4.79 Å². The molecule has 3 nitrogen and oxygen atoms in total. The number of piperidine rings is 1. The molecule has 2 unspecified atom stereocenters. The summed E-state index contributed by atoms with van der Waals surface area (Å²) in [5, 5.41) is 10.6. The maximum Gasteiger partial charge on any atom is 0.224 e. The quantitative estimate of drug-likeness (QED) is 0.858. The number of thiophene rings is 1. The van der Waals surface area contributed by atoms with Crippen molar-refractivity contribution in [2.75, 3.05) is 13.1 Å². The number of amides is 1. The summed E-state index contributed by atoms with van der Waals surface area (Å²) in [6, 6.07) is 2.34. The van der Waals surface area contributed by atoms with E-state index >= 15 is 0 Å². The number of hydrogen-bond donors (Lipinski definition) is 2. The fourth-order valence-corrected chi connectivity index (χ4v) is 2.93. The molecule has 0 saturated carbocycles. The molecule has 94 valence electrons. The Labute approximate surface area is 107 Å². The Hall–Kier alpha value is -0.870. The van der Waals surface area contributed by atoms with Crippen molar-refractivity contribution in [3.8, 4) is 0 Å². The highest BCUT2D eigenvalue weighted by Gasteiger charge is 2.21. The van der Waals surface area contributed by atoms with Crippen LogP contribution in [0.15, 0.2) is 16.8 Å². The number of nitrogens with one attached hydrogen (secondary N) is 2. The maximum absolute atomic E-state index is 12.0. The molecule has 2 heterocycles. The summed E-state index contributed by atoms with van der Waals surface area (Å²) in [6.45, 7) is 3.96. The topological polar surface area (TPSA) is 41.1 Å². The largest absolute Gasteiger partial charge is 0.353 e. The van der Waals surface area contributed by atoms with E-state index in [1.165, 1.54) is 5.56 Å². The third kappa shape index (κ3) is 3.82. The summed E-state index contributed by atoms with van der Waals surface area (Å²) in [5.74, 6) is 0.369. The molecule has 2 rings (SSSR count). The predicted octanol–water partition coefficient (Wildman–Crippen LogP) is 1.79. The van der Waals surface area contributed by atoms with Crippen LogP contribution in [0.25, 0.3) is 0 Å². The average molecular weight is 252 g/mol. The van der Waals surface area contributed by atoms with Crippen LogP contribution in [0.4, 0.5) is 0 Å². The van der Waals surface area contributed by atoms with Crippen LogP contribution in [0.3, 0.4) is 0 Å². The highest BCUT2D eigenvalue weighted by molar-refractivity contribution is 7.07. The molecular formula is C13H20N2OS. The van der Waals surface area contributed by atoms with Gasteiger partial charge in [-0.05, 0) is 55.1 Å². The van der Waals surface area contributed by atoms with Gasteiger partial charge >= 0.3 is 0 Å². The molecule has 0 radical (unpaired) electrons. The SMILES string of the molecule is CC(Cc1ccsc1)NC(=O)C1CCCNC1. The van der Waals surface area contributed by atoms with E-state index in [1.54, 1.807) is 11.3 Å². The van der Waals surface area contributed by atoms with E-state index < -0.39 is 0 Å². The zero-order chi connectivity index (χ0) is 12.1. The maximum atomic E-state index is 12.0. The van der Waals surface area contributed by atoms with Crippen molar-refractivity contribution in [3.63, 3.8) is 0 Å². The van der Waals surface area contributed by atoms with Crippen LogP contribution in [0.5, 0.6) is 0 Å². The fourth-order valence-electron chi connectivity index (χ4n) is 2.25. The standard InChI is InChI=1S/C13H20N2OS/c1-10(7-11-4-6-17-9-11)15-13(16)12-3-2-5-14-8-12/h4,6,9-10,12,14H,2-3,5,7-8H2,1H3,(H,15,16). The molecule has 1 saturated heterocycles. The molecule has 0 aromatic carbocycles. The zero-order valence-electron chi connectivity index (χ0n) is 10.2. The third-order valence-electron chi connectivity index (χ3n) is 3.18. The molecule has 2 atom stereocenters. The van der Waals surface area contributed by atoms with Gasteiger partial charge in [-0.15, -0.1) is 0 Å². The minimum Gasteiger partial charge on any atom is -0.353 e. The highest BCUT2D eigenvalue weighted by atomic mass is 32.1. The molecule has 2 N–H and O–H groups in total. The van der Waals surface area contributed by atoms with Crippen molar-refractivity contribution in [1.82, 2.24) is 10.6 Å². The first kappa shape index (κ1) is 12.6. The van der Waals surface area contributed by atoms with Gasteiger partial charge in [0, 0.05) is 12.6 Å². The molecule has 0 spiro atoms. The number of hydrogen-bond acceptors (Lipinski definition) is 3. The van der Waals surface area contributed by atoms with E-state index in [1.807, 2.05) is 0 Å². The van der Waals surface area contributed by atoms with Crippen LogP contribution in [-0.2, 0) is 11.2 Å². The molecule has 4 heteroatoms. The van der Waals surface area contributed by atoms with Crippen LogP contribution < -0.4 is 10.6 Å². The van der Waals surface area contributed by atoms with Gasteiger partial charge in [-0.2, -0.15) is 11.3 Å². The second-order valence-electron chi connectivity index (χ2n) is 4.79.